The van der Waals surface area contributed by atoms with Gasteiger partial charge >= 0.3 is 0 Å². The molecule has 4 nitrogen and oxygen atoms in total. The van der Waals surface area contributed by atoms with Gasteiger partial charge < -0.3 is 15.7 Å². The molecule has 1 aromatic carbocycles. The second-order valence-electron chi connectivity index (χ2n) is 7.49. The van der Waals surface area contributed by atoms with Crippen molar-refractivity contribution < 1.29 is 9.50 Å². The van der Waals surface area contributed by atoms with Crippen molar-refractivity contribution in [1.82, 2.24) is 10.6 Å². The van der Waals surface area contributed by atoms with Gasteiger partial charge in [0.05, 0.1) is 12.6 Å². The fraction of sp³-hybridized carbons (Fsp3) is 0.650. The van der Waals surface area contributed by atoms with Crippen LogP contribution in [0.25, 0.3) is 0 Å². The van der Waals surface area contributed by atoms with E-state index in [1.807, 2.05) is 12.1 Å². The van der Waals surface area contributed by atoms with Gasteiger partial charge in [-0.15, -0.1) is 24.0 Å². The summed E-state index contributed by atoms with van der Waals surface area (Å²) in [6, 6.07) is 7.30. The summed E-state index contributed by atoms with van der Waals surface area (Å²) >= 11 is 0. The fourth-order valence-corrected chi connectivity index (χ4v) is 3.91. The van der Waals surface area contributed by atoms with Crippen LogP contribution in [0.5, 0.6) is 0 Å². The van der Waals surface area contributed by atoms with Gasteiger partial charge in [-0.1, -0.05) is 18.6 Å². The summed E-state index contributed by atoms with van der Waals surface area (Å²) in [4.78, 5) is 4.86. The highest BCUT2D eigenvalue weighted by Gasteiger charge is 2.38. The molecule has 0 amide bonds. The summed E-state index contributed by atoms with van der Waals surface area (Å²) < 4.78 is 13.2. The minimum Gasteiger partial charge on any atom is -0.393 e. The third kappa shape index (κ3) is 5.31. The first-order valence-electron chi connectivity index (χ1n) is 9.60. The molecule has 26 heavy (non-hydrogen) atoms. The Morgan fingerprint density at radius 1 is 1.19 bits per heavy atom. The monoisotopic (exact) mass is 475 g/mol. The standard InChI is InChI=1S/C20H30FN3O.HI/c1-2-22-19(24-17-8-10-18(25)11-9-17)23-14-20(12-3-13-20)15-4-6-16(21)7-5-15;/h4-7,17-18,25H,2-3,8-14H2,1H3,(H2,22,23,24);1H. The molecule has 2 aliphatic carbocycles. The molecule has 0 radical (unpaired) electrons. The second kappa shape index (κ2) is 9.88. The van der Waals surface area contributed by atoms with Crippen molar-refractivity contribution in [1.29, 1.82) is 0 Å². The summed E-state index contributed by atoms with van der Waals surface area (Å²) in [6.45, 7) is 3.62. The lowest BCUT2D eigenvalue weighted by Crippen LogP contribution is -2.46. The predicted molar refractivity (Wildman–Crippen MR) is 115 cm³/mol. The molecule has 3 rings (SSSR count). The zero-order valence-electron chi connectivity index (χ0n) is 15.5. The molecule has 0 saturated heterocycles. The molecule has 1 aromatic rings. The average Bonchev–Trinajstić information content (AvgIpc) is 2.57. The van der Waals surface area contributed by atoms with E-state index >= 15 is 0 Å². The predicted octanol–water partition coefficient (Wildman–Crippen LogP) is 3.72. The first kappa shape index (κ1) is 21.4. The molecular formula is C20H31FIN3O. The maximum atomic E-state index is 13.2. The average molecular weight is 475 g/mol. The van der Waals surface area contributed by atoms with Crippen LogP contribution in [0.3, 0.4) is 0 Å². The number of aliphatic hydroxyl groups is 1. The molecule has 0 heterocycles. The van der Waals surface area contributed by atoms with E-state index in [4.69, 9.17) is 4.99 Å². The van der Waals surface area contributed by atoms with Gasteiger partial charge in [0, 0.05) is 18.0 Å². The molecule has 3 N–H and O–H groups in total. The van der Waals surface area contributed by atoms with Crippen molar-refractivity contribution in [3.63, 3.8) is 0 Å². The van der Waals surface area contributed by atoms with Crippen molar-refractivity contribution in [2.45, 2.75) is 69.4 Å². The molecule has 6 heteroatoms. The van der Waals surface area contributed by atoms with Gasteiger partial charge in [0.1, 0.15) is 5.82 Å². The first-order chi connectivity index (χ1) is 12.1. The minimum absolute atomic E-state index is 0. The van der Waals surface area contributed by atoms with Crippen LogP contribution >= 0.6 is 24.0 Å². The van der Waals surface area contributed by atoms with Gasteiger partial charge in [0.2, 0.25) is 0 Å². The van der Waals surface area contributed by atoms with Gasteiger partial charge in [-0.2, -0.15) is 0 Å². The summed E-state index contributed by atoms with van der Waals surface area (Å²) in [7, 11) is 0. The zero-order valence-corrected chi connectivity index (χ0v) is 17.8. The van der Waals surface area contributed by atoms with Crippen molar-refractivity contribution in [3.8, 4) is 0 Å². The lowest BCUT2D eigenvalue weighted by atomic mass is 9.64. The van der Waals surface area contributed by atoms with Crippen molar-refractivity contribution in [2.75, 3.05) is 13.1 Å². The summed E-state index contributed by atoms with van der Waals surface area (Å²) in [6.07, 6.45) is 6.96. The van der Waals surface area contributed by atoms with E-state index in [-0.39, 0.29) is 41.3 Å². The largest absolute Gasteiger partial charge is 0.393 e. The van der Waals surface area contributed by atoms with Gasteiger partial charge in [0.15, 0.2) is 5.96 Å². The van der Waals surface area contributed by atoms with E-state index in [9.17, 15) is 9.50 Å². The van der Waals surface area contributed by atoms with Crippen LogP contribution in [0.15, 0.2) is 29.3 Å². The van der Waals surface area contributed by atoms with Crippen molar-refractivity contribution in [2.24, 2.45) is 4.99 Å². The number of nitrogens with one attached hydrogen (secondary N) is 2. The number of nitrogens with zero attached hydrogens (tertiary/aromatic N) is 1. The van der Waals surface area contributed by atoms with E-state index in [2.05, 4.69) is 17.6 Å². The quantitative estimate of drug-likeness (QED) is 0.346. The summed E-state index contributed by atoms with van der Waals surface area (Å²) in [5.74, 6) is 0.675. The fourth-order valence-electron chi connectivity index (χ4n) is 3.91. The molecule has 2 saturated carbocycles. The van der Waals surface area contributed by atoms with E-state index in [0.717, 1.165) is 57.6 Å². The van der Waals surface area contributed by atoms with Crippen LogP contribution in [0.2, 0.25) is 0 Å². The highest BCUT2D eigenvalue weighted by atomic mass is 127. The smallest absolute Gasteiger partial charge is 0.191 e. The molecule has 146 valence electrons. The molecule has 2 fully saturated rings. The summed E-state index contributed by atoms with van der Waals surface area (Å²) in [5.41, 5.74) is 1.25. The lowest BCUT2D eigenvalue weighted by Gasteiger charge is -2.41. The molecule has 0 unspecified atom stereocenters. The Bertz CT molecular complexity index is 581. The number of aliphatic imine (C=N–C) groups is 1. The molecule has 0 spiro atoms. The Hall–Kier alpha value is -0.890. The van der Waals surface area contributed by atoms with Crippen molar-refractivity contribution >= 4 is 29.9 Å². The van der Waals surface area contributed by atoms with E-state index < -0.39 is 0 Å². The maximum absolute atomic E-state index is 13.2. The van der Waals surface area contributed by atoms with Gasteiger partial charge in [-0.25, -0.2) is 4.39 Å². The van der Waals surface area contributed by atoms with Crippen LogP contribution in [0.4, 0.5) is 4.39 Å². The van der Waals surface area contributed by atoms with Crippen LogP contribution in [-0.4, -0.2) is 36.3 Å². The number of benzene rings is 1. The Kier molecular flexibility index (Phi) is 8.13. The van der Waals surface area contributed by atoms with E-state index in [1.54, 1.807) is 12.1 Å². The number of rotatable bonds is 5. The number of guanidine groups is 1. The SMILES string of the molecule is CCNC(=NCC1(c2ccc(F)cc2)CCC1)NC1CCC(O)CC1.I. The van der Waals surface area contributed by atoms with Gasteiger partial charge in [-0.05, 0) is 63.1 Å². The molecular weight excluding hydrogens is 444 g/mol. The lowest BCUT2D eigenvalue weighted by molar-refractivity contribution is 0.120. The molecule has 0 atom stereocenters. The molecule has 0 aromatic heterocycles. The van der Waals surface area contributed by atoms with E-state index in [0.29, 0.717) is 6.04 Å². The number of aliphatic hydroxyl groups excluding tert-OH is 1. The van der Waals surface area contributed by atoms with Crippen molar-refractivity contribution in [3.05, 3.63) is 35.6 Å². The highest BCUT2D eigenvalue weighted by Crippen LogP contribution is 2.44. The van der Waals surface area contributed by atoms with Crippen LogP contribution in [-0.2, 0) is 5.41 Å². The Morgan fingerprint density at radius 3 is 2.38 bits per heavy atom. The van der Waals surface area contributed by atoms with Crippen LogP contribution in [0.1, 0.15) is 57.4 Å². The van der Waals surface area contributed by atoms with Crippen LogP contribution in [0, 0.1) is 5.82 Å². The third-order valence-electron chi connectivity index (χ3n) is 5.69. The number of hydrogen-bond acceptors (Lipinski definition) is 2. The number of hydrogen-bond donors (Lipinski definition) is 3. The maximum Gasteiger partial charge on any atom is 0.191 e. The second-order valence-corrected chi connectivity index (χ2v) is 7.49. The zero-order chi connectivity index (χ0) is 17.7. The van der Waals surface area contributed by atoms with Gasteiger partial charge in [-0.3, -0.25) is 4.99 Å². The topological polar surface area (TPSA) is 56.7 Å². The Labute approximate surface area is 173 Å². The molecule has 2 aliphatic rings. The third-order valence-corrected chi connectivity index (χ3v) is 5.69. The van der Waals surface area contributed by atoms with Gasteiger partial charge in [0.25, 0.3) is 0 Å². The first-order valence-corrected chi connectivity index (χ1v) is 9.60. The Morgan fingerprint density at radius 2 is 1.85 bits per heavy atom. The van der Waals surface area contributed by atoms with Crippen LogP contribution < -0.4 is 10.6 Å². The molecule has 0 bridgehead atoms. The minimum atomic E-state index is -0.184. The van der Waals surface area contributed by atoms with E-state index in [1.165, 1.54) is 12.0 Å². The molecule has 0 aliphatic heterocycles. The Balaban J connectivity index is 0.00000243. The number of halogens is 2. The summed E-state index contributed by atoms with van der Waals surface area (Å²) in [5, 5.41) is 16.5. The highest BCUT2D eigenvalue weighted by molar-refractivity contribution is 14.0. The normalized spacial score (nSPS) is 25.0.